The molecule has 3 nitrogen and oxygen atoms in total. The second kappa shape index (κ2) is 5.64. The van der Waals surface area contributed by atoms with Crippen LogP contribution in [0.25, 0.3) is 0 Å². The number of hydrogen-bond acceptors (Lipinski definition) is 2. The van der Waals surface area contributed by atoms with Crippen molar-refractivity contribution < 1.29 is 4.79 Å². The van der Waals surface area contributed by atoms with Crippen molar-refractivity contribution in [3.8, 4) is 0 Å². The van der Waals surface area contributed by atoms with Gasteiger partial charge in [0, 0.05) is 11.7 Å². The molecule has 1 aliphatic rings. The maximum atomic E-state index is 12.0. The van der Waals surface area contributed by atoms with Crippen LogP contribution in [0.4, 0.5) is 5.69 Å². The normalized spacial score (nSPS) is 19.1. The second-order valence-electron chi connectivity index (χ2n) is 6.43. The lowest BCUT2D eigenvalue weighted by atomic mass is 9.75. The van der Waals surface area contributed by atoms with Crippen LogP contribution in [-0.4, -0.2) is 11.9 Å². The summed E-state index contributed by atoms with van der Waals surface area (Å²) in [5.74, 6) is 0.107. The van der Waals surface area contributed by atoms with Gasteiger partial charge >= 0.3 is 0 Å². The van der Waals surface area contributed by atoms with E-state index < -0.39 is 0 Å². The topological polar surface area (TPSA) is 55.1 Å². The van der Waals surface area contributed by atoms with Gasteiger partial charge in [-0.05, 0) is 48.8 Å². The van der Waals surface area contributed by atoms with Crippen LogP contribution >= 0.6 is 0 Å². The number of nitrogen functional groups attached to an aromatic ring is 1. The lowest BCUT2D eigenvalue weighted by Crippen LogP contribution is -2.39. The van der Waals surface area contributed by atoms with Gasteiger partial charge in [-0.25, -0.2) is 0 Å². The van der Waals surface area contributed by atoms with Gasteiger partial charge in [0.1, 0.15) is 0 Å². The number of nitrogens with two attached hydrogens (primary N) is 1. The predicted molar refractivity (Wildman–Crippen MR) is 78.7 cm³/mol. The molecule has 0 unspecified atom stereocenters. The summed E-state index contributed by atoms with van der Waals surface area (Å²) in [7, 11) is 0. The standard InChI is InChI=1S/C16H24N2O/c1-16(2)8-6-14(7-9-16)18-15(19)11-12-4-3-5-13(17)10-12/h3-5,10,14H,6-9,11,17H2,1-2H3,(H,18,19). The third-order valence-electron chi connectivity index (χ3n) is 4.02. The molecule has 3 N–H and O–H groups in total. The fraction of sp³-hybridized carbons (Fsp3) is 0.562. The van der Waals surface area contributed by atoms with E-state index in [-0.39, 0.29) is 5.91 Å². The van der Waals surface area contributed by atoms with Gasteiger partial charge in [0.25, 0.3) is 0 Å². The molecule has 1 aromatic rings. The average Bonchev–Trinajstić information content (AvgIpc) is 2.32. The zero-order chi connectivity index (χ0) is 13.9. The summed E-state index contributed by atoms with van der Waals surface area (Å²) in [6, 6.07) is 7.89. The van der Waals surface area contributed by atoms with E-state index in [4.69, 9.17) is 5.73 Å². The zero-order valence-corrected chi connectivity index (χ0v) is 11.9. The molecule has 0 aromatic heterocycles. The summed E-state index contributed by atoms with van der Waals surface area (Å²) in [4.78, 5) is 12.0. The highest BCUT2D eigenvalue weighted by Crippen LogP contribution is 2.34. The van der Waals surface area contributed by atoms with Crippen molar-refractivity contribution >= 4 is 11.6 Å². The monoisotopic (exact) mass is 260 g/mol. The first kappa shape index (κ1) is 13.9. The summed E-state index contributed by atoms with van der Waals surface area (Å²) < 4.78 is 0. The first-order valence-electron chi connectivity index (χ1n) is 7.08. The van der Waals surface area contributed by atoms with E-state index >= 15 is 0 Å². The first-order valence-corrected chi connectivity index (χ1v) is 7.08. The number of carbonyl (C=O) groups is 1. The third kappa shape index (κ3) is 4.27. The Labute approximate surface area is 115 Å². The predicted octanol–water partition coefficient (Wildman–Crippen LogP) is 2.90. The lowest BCUT2D eigenvalue weighted by Gasteiger charge is -2.34. The van der Waals surface area contributed by atoms with Gasteiger partial charge in [-0.1, -0.05) is 26.0 Å². The van der Waals surface area contributed by atoms with Crippen LogP contribution in [0.1, 0.15) is 45.1 Å². The van der Waals surface area contributed by atoms with Crippen LogP contribution in [0, 0.1) is 5.41 Å². The van der Waals surface area contributed by atoms with Gasteiger partial charge in [0.15, 0.2) is 0 Å². The van der Waals surface area contributed by atoms with E-state index in [2.05, 4.69) is 19.2 Å². The number of nitrogens with one attached hydrogen (secondary N) is 1. The molecule has 0 aliphatic heterocycles. The molecule has 1 aliphatic carbocycles. The highest BCUT2D eigenvalue weighted by Gasteiger charge is 2.27. The van der Waals surface area contributed by atoms with E-state index in [1.807, 2.05) is 24.3 Å². The minimum atomic E-state index is 0.107. The molecule has 19 heavy (non-hydrogen) atoms. The molecule has 3 heteroatoms. The van der Waals surface area contributed by atoms with Crippen LogP contribution in [0.5, 0.6) is 0 Å². The Bertz CT molecular complexity index is 444. The number of amides is 1. The van der Waals surface area contributed by atoms with Crippen molar-refractivity contribution in [1.29, 1.82) is 0 Å². The highest BCUT2D eigenvalue weighted by molar-refractivity contribution is 5.79. The first-order chi connectivity index (χ1) is 8.94. The largest absolute Gasteiger partial charge is 0.399 e. The maximum Gasteiger partial charge on any atom is 0.224 e. The minimum Gasteiger partial charge on any atom is -0.399 e. The Morgan fingerprint density at radius 2 is 2.05 bits per heavy atom. The second-order valence-corrected chi connectivity index (χ2v) is 6.43. The van der Waals surface area contributed by atoms with E-state index in [1.165, 1.54) is 12.8 Å². The molecule has 0 spiro atoms. The molecule has 104 valence electrons. The van der Waals surface area contributed by atoms with Crippen molar-refractivity contribution in [3.05, 3.63) is 29.8 Å². The number of benzene rings is 1. The molecule has 1 saturated carbocycles. The number of anilines is 1. The maximum absolute atomic E-state index is 12.0. The summed E-state index contributed by atoms with van der Waals surface area (Å²) in [5, 5.41) is 3.14. The quantitative estimate of drug-likeness (QED) is 0.821. The Morgan fingerprint density at radius 3 is 2.68 bits per heavy atom. The molecule has 0 heterocycles. The van der Waals surface area contributed by atoms with Crippen molar-refractivity contribution in [3.63, 3.8) is 0 Å². The number of rotatable bonds is 3. The van der Waals surface area contributed by atoms with Gasteiger partial charge in [0.05, 0.1) is 6.42 Å². The smallest absolute Gasteiger partial charge is 0.224 e. The van der Waals surface area contributed by atoms with Gasteiger partial charge < -0.3 is 11.1 Å². The molecule has 0 bridgehead atoms. The molecular formula is C16H24N2O. The summed E-state index contributed by atoms with van der Waals surface area (Å²) in [6.45, 7) is 4.61. The summed E-state index contributed by atoms with van der Waals surface area (Å²) >= 11 is 0. The molecule has 2 rings (SSSR count). The van der Waals surface area contributed by atoms with Crippen LogP contribution in [0.15, 0.2) is 24.3 Å². The van der Waals surface area contributed by atoms with Gasteiger partial charge in [-0.2, -0.15) is 0 Å². The summed E-state index contributed by atoms with van der Waals surface area (Å²) in [6.07, 6.45) is 4.99. The van der Waals surface area contributed by atoms with Crippen LogP contribution in [0.3, 0.4) is 0 Å². The van der Waals surface area contributed by atoms with E-state index in [9.17, 15) is 4.79 Å². The Balaban J connectivity index is 1.82. The average molecular weight is 260 g/mol. The van der Waals surface area contributed by atoms with E-state index in [0.717, 1.165) is 18.4 Å². The van der Waals surface area contributed by atoms with Gasteiger partial charge in [0.2, 0.25) is 5.91 Å². The fourth-order valence-corrected chi connectivity index (χ4v) is 2.71. The molecule has 1 amide bonds. The third-order valence-corrected chi connectivity index (χ3v) is 4.02. The number of hydrogen-bond donors (Lipinski definition) is 2. The van der Waals surface area contributed by atoms with E-state index in [0.29, 0.717) is 23.6 Å². The van der Waals surface area contributed by atoms with Crippen LogP contribution < -0.4 is 11.1 Å². The SMILES string of the molecule is CC1(C)CCC(NC(=O)Cc2cccc(N)c2)CC1. The summed E-state index contributed by atoms with van der Waals surface area (Å²) in [5.41, 5.74) is 7.85. The van der Waals surface area contributed by atoms with Gasteiger partial charge in [-0.3, -0.25) is 4.79 Å². The van der Waals surface area contributed by atoms with Crippen molar-refractivity contribution in [2.45, 2.75) is 52.0 Å². The van der Waals surface area contributed by atoms with Gasteiger partial charge in [-0.15, -0.1) is 0 Å². The lowest BCUT2D eigenvalue weighted by molar-refractivity contribution is -0.121. The van der Waals surface area contributed by atoms with E-state index in [1.54, 1.807) is 0 Å². The molecule has 0 saturated heterocycles. The van der Waals surface area contributed by atoms with Crippen molar-refractivity contribution in [2.24, 2.45) is 5.41 Å². The van der Waals surface area contributed by atoms with Crippen LogP contribution in [0.2, 0.25) is 0 Å². The number of carbonyl (C=O) groups excluding carboxylic acids is 1. The molecular weight excluding hydrogens is 236 g/mol. The van der Waals surface area contributed by atoms with Crippen molar-refractivity contribution in [1.82, 2.24) is 5.32 Å². The molecule has 0 radical (unpaired) electrons. The Kier molecular flexibility index (Phi) is 4.13. The Morgan fingerprint density at radius 1 is 1.37 bits per heavy atom. The molecule has 1 fully saturated rings. The van der Waals surface area contributed by atoms with Crippen molar-refractivity contribution in [2.75, 3.05) is 5.73 Å². The van der Waals surface area contributed by atoms with Crippen LogP contribution in [-0.2, 0) is 11.2 Å². The highest BCUT2D eigenvalue weighted by atomic mass is 16.1. The molecule has 1 aromatic carbocycles. The zero-order valence-electron chi connectivity index (χ0n) is 11.9. The minimum absolute atomic E-state index is 0.107. The molecule has 0 atom stereocenters. The fourth-order valence-electron chi connectivity index (χ4n) is 2.71. The Hall–Kier alpha value is -1.51.